The fourth-order valence-electron chi connectivity index (χ4n) is 4.98. The molecule has 6 rings (SSSR count). The topological polar surface area (TPSA) is 37.6 Å². The molecule has 166 valence electrons. The van der Waals surface area contributed by atoms with E-state index in [0.717, 1.165) is 30.5 Å². The second-order valence-electron chi connectivity index (χ2n) is 9.06. The predicted octanol–water partition coefficient (Wildman–Crippen LogP) is 6.54. The molecule has 0 N–H and O–H groups in total. The summed E-state index contributed by atoms with van der Waals surface area (Å²) >= 11 is 3.31. The van der Waals surface area contributed by atoms with E-state index in [1.165, 1.54) is 17.2 Å². The summed E-state index contributed by atoms with van der Waals surface area (Å²) < 4.78 is 17.2. The highest BCUT2D eigenvalue weighted by molar-refractivity contribution is 9.10. The van der Waals surface area contributed by atoms with Crippen LogP contribution < -0.4 is 0 Å². The quantitative estimate of drug-likeness (QED) is 0.318. The number of rotatable bonds is 3. The number of amides is 1. The van der Waals surface area contributed by atoms with Crippen LogP contribution >= 0.6 is 15.9 Å². The van der Waals surface area contributed by atoms with Gasteiger partial charge in [0.1, 0.15) is 11.5 Å². The Labute approximate surface area is 200 Å². The molecule has 0 unspecified atom stereocenters. The van der Waals surface area contributed by atoms with Crippen molar-refractivity contribution in [1.82, 2.24) is 14.3 Å². The van der Waals surface area contributed by atoms with Gasteiger partial charge in [-0.3, -0.25) is 4.79 Å². The van der Waals surface area contributed by atoms with Gasteiger partial charge in [0, 0.05) is 29.0 Å². The Hall–Kier alpha value is -2.99. The number of carbonyl (C=O) groups is 1. The molecule has 0 bridgehead atoms. The number of pyridine rings is 1. The lowest BCUT2D eigenvalue weighted by atomic mass is 9.93. The molecule has 6 heteroatoms. The van der Waals surface area contributed by atoms with Crippen LogP contribution in [0.3, 0.4) is 0 Å². The molecule has 0 saturated heterocycles. The average molecular weight is 504 g/mol. The van der Waals surface area contributed by atoms with Crippen molar-refractivity contribution >= 4 is 27.5 Å². The Kier molecular flexibility index (Phi) is 4.87. The number of hydrogen-bond acceptors (Lipinski definition) is 2. The summed E-state index contributed by atoms with van der Waals surface area (Å²) in [7, 11) is 0. The third-order valence-electron chi connectivity index (χ3n) is 6.91. The van der Waals surface area contributed by atoms with E-state index in [-0.39, 0.29) is 17.8 Å². The molecule has 1 aliphatic carbocycles. The van der Waals surface area contributed by atoms with Crippen molar-refractivity contribution in [2.75, 3.05) is 6.54 Å². The third kappa shape index (κ3) is 3.57. The Morgan fingerprint density at radius 2 is 1.91 bits per heavy atom. The van der Waals surface area contributed by atoms with Gasteiger partial charge in [-0.2, -0.15) is 0 Å². The molecule has 0 spiro atoms. The van der Waals surface area contributed by atoms with E-state index in [0.29, 0.717) is 33.8 Å². The van der Waals surface area contributed by atoms with Gasteiger partial charge in [-0.25, -0.2) is 9.37 Å². The summed E-state index contributed by atoms with van der Waals surface area (Å²) in [6.07, 6.45) is 6.73. The molecule has 2 aromatic heterocycles. The Balaban J connectivity index is 1.41. The monoisotopic (exact) mass is 503 g/mol. The molecule has 1 saturated carbocycles. The van der Waals surface area contributed by atoms with Crippen LogP contribution in [-0.4, -0.2) is 26.7 Å². The van der Waals surface area contributed by atoms with E-state index in [9.17, 15) is 9.18 Å². The van der Waals surface area contributed by atoms with Gasteiger partial charge in [0.2, 0.25) is 0 Å². The van der Waals surface area contributed by atoms with Crippen LogP contribution in [0.4, 0.5) is 4.39 Å². The average Bonchev–Trinajstić information content (AvgIpc) is 3.57. The predicted molar refractivity (Wildman–Crippen MR) is 130 cm³/mol. The smallest absolute Gasteiger partial charge is 0.255 e. The van der Waals surface area contributed by atoms with E-state index in [1.807, 2.05) is 39.9 Å². The van der Waals surface area contributed by atoms with Crippen molar-refractivity contribution in [1.29, 1.82) is 0 Å². The summed E-state index contributed by atoms with van der Waals surface area (Å²) in [4.78, 5) is 20.4. The zero-order valence-corrected chi connectivity index (χ0v) is 19.8. The fourth-order valence-corrected chi connectivity index (χ4v) is 5.31. The zero-order chi connectivity index (χ0) is 22.7. The minimum atomic E-state index is -0.321. The highest BCUT2D eigenvalue weighted by Crippen LogP contribution is 2.43. The first-order valence-corrected chi connectivity index (χ1v) is 12.2. The zero-order valence-electron chi connectivity index (χ0n) is 18.3. The van der Waals surface area contributed by atoms with Crippen LogP contribution in [0.1, 0.15) is 58.8 Å². The first kappa shape index (κ1) is 20.6. The van der Waals surface area contributed by atoms with Crippen LogP contribution in [0.2, 0.25) is 0 Å². The van der Waals surface area contributed by atoms with Crippen molar-refractivity contribution < 1.29 is 9.18 Å². The van der Waals surface area contributed by atoms with Crippen molar-refractivity contribution in [2.45, 2.75) is 38.1 Å². The first-order valence-electron chi connectivity index (χ1n) is 11.4. The van der Waals surface area contributed by atoms with Crippen LogP contribution in [0.15, 0.2) is 65.4 Å². The molecular formula is C27H23BrFN3O. The molecule has 2 aromatic carbocycles. The minimum absolute atomic E-state index is 0.0257. The van der Waals surface area contributed by atoms with Gasteiger partial charge in [0.15, 0.2) is 0 Å². The lowest BCUT2D eigenvalue weighted by Crippen LogP contribution is -2.39. The second-order valence-corrected chi connectivity index (χ2v) is 9.98. The number of imidazole rings is 1. The Morgan fingerprint density at radius 1 is 1.09 bits per heavy atom. The van der Waals surface area contributed by atoms with Crippen molar-refractivity contribution in [3.63, 3.8) is 0 Å². The van der Waals surface area contributed by atoms with Gasteiger partial charge in [-0.05, 0) is 73.1 Å². The van der Waals surface area contributed by atoms with E-state index in [2.05, 4.69) is 41.1 Å². The van der Waals surface area contributed by atoms with Crippen molar-refractivity contribution in [2.24, 2.45) is 0 Å². The number of hydrogen-bond donors (Lipinski definition) is 0. The molecular weight excluding hydrogens is 481 g/mol. The summed E-state index contributed by atoms with van der Waals surface area (Å²) in [6, 6.07) is 15.4. The van der Waals surface area contributed by atoms with Crippen LogP contribution in [0, 0.1) is 5.82 Å². The van der Waals surface area contributed by atoms with Gasteiger partial charge in [-0.1, -0.05) is 40.2 Å². The van der Waals surface area contributed by atoms with E-state index >= 15 is 0 Å². The second kappa shape index (κ2) is 7.80. The SMILES string of the molecule is C[C@@H]1c2ccccc2CCN1C(=O)c1cc(C2CC2)c2nc(-c3ccc(Br)cc3F)cn2c1. The molecule has 1 amide bonds. The Bertz CT molecular complexity index is 1410. The molecule has 3 heterocycles. The Morgan fingerprint density at radius 3 is 2.70 bits per heavy atom. The highest BCUT2D eigenvalue weighted by atomic mass is 79.9. The maximum absolute atomic E-state index is 14.6. The van der Waals surface area contributed by atoms with Crippen LogP contribution in [-0.2, 0) is 6.42 Å². The fraction of sp³-hybridized carbons (Fsp3) is 0.259. The molecule has 2 aliphatic rings. The maximum Gasteiger partial charge on any atom is 0.255 e. The summed E-state index contributed by atoms with van der Waals surface area (Å²) in [5.41, 5.74) is 6.12. The van der Waals surface area contributed by atoms with Gasteiger partial charge < -0.3 is 9.30 Å². The molecule has 0 radical (unpaired) electrons. The summed E-state index contributed by atoms with van der Waals surface area (Å²) in [5, 5.41) is 0. The molecule has 1 fully saturated rings. The van der Waals surface area contributed by atoms with Gasteiger partial charge in [-0.15, -0.1) is 0 Å². The van der Waals surface area contributed by atoms with Gasteiger partial charge in [0.05, 0.1) is 17.3 Å². The molecule has 1 atom stereocenters. The number of benzene rings is 2. The summed E-state index contributed by atoms with van der Waals surface area (Å²) in [5.74, 6) is 0.119. The number of halogens is 2. The molecule has 33 heavy (non-hydrogen) atoms. The molecule has 4 nitrogen and oxygen atoms in total. The molecule has 1 aliphatic heterocycles. The first-order chi connectivity index (χ1) is 16.0. The van der Waals surface area contributed by atoms with Gasteiger partial charge in [0.25, 0.3) is 5.91 Å². The van der Waals surface area contributed by atoms with Crippen LogP contribution in [0.25, 0.3) is 16.9 Å². The largest absolute Gasteiger partial charge is 0.331 e. The lowest BCUT2D eigenvalue weighted by Gasteiger charge is -2.35. The number of fused-ring (bicyclic) bond motifs is 2. The van der Waals surface area contributed by atoms with E-state index in [1.54, 1.807) is 6.07 Å². The standard InChI is InChI=1S/C27H23BrFN3O/c1-16-21-5-3-2-4-17(21)10-11-32(16)27(33)19-12-23(18-6-7-18)26-30-25(15-31(26)14-19)22-9-8-20(28)13-24(22)29/h2-5,8-9,12-16,18H,6-7,10-11H2,1H3/t16-/m1/s1. The highest BCUT2D eigenvalue weighted by Gasteiger charge is 2.31. The van der Waals surface area contributed by atoms with E-state index < -0.39 is 0 Å². The number of nitrogens with zero attached hydrogens (tertiary/aromatic N) is 3. The third-order valence-corrected chi connectivity index (χ3v) is 7.40. The summed E-state index contributed by atoms with van der Waals surface area (Å²) in [6.45, 7) is 2.80. The maximum atomic E-state index is 14.6. The lowest BCUT2D eigenvalue weighted by molar-refractivity contribution is 0.0677. The normalized spacial score (nSPS) is 17.9. The van der Waals surface area contributed by atoms with Crippen molar-refractivity contribution in [3.8, 4) is 11.3 Å². The van der Waals surface area contributed by atoms with Crippen molar-refractivity contribution in [3.05, 3.63) is 93.5 Å². The number of aromatic nitrogens is 2. The minimum Gasteiger partial charge on any atom is -0.331 e. The van der Waals surface area contributed by atoms with Crippen LogP contribution in [0.5, 0.6) is 0 Å². The van der Waals surface area contributed by atoms with E-state index in [4.69, 9.17) is 4.98 Å². The number of carbonyl (C=O) groups excluding carboxylic acids is 1. The molecule has 4 aromatic rings. The van der Waals surface area contributed by atoms with Gasteiger partial charge >= 0.3 is 0 Å².